The third-order valence-electron chi connectivity index (χ3n) is 8.84. The van der Waals surface area contributed by atoms with Gasteiger partial charge in [-0.25, -0.2) is 0 Å². The van der Waals surface area contributed by atoms with Gasteiger partial charge in [-0.2, -0.15) is 0 Å². The number of nitrogens with zero attached hydrogens (tertiary/aromatic N) is 4. The van der Waals surface area contributed by atoms with E-state index in [1.54, 1.807) is 22.7 Å². The Kier molecular flexibility index (Phi) is 7.15. The summed E-state index contributed by atoms with van der Waals surface area (Å²) in [6, 6.07) is 39.4. The number of benzene rings is 5. The quantitative estimate of drug-likeness (QED) is 0.168. The summed E-state index contributed by atoms with van der Waals surface area (Å²) in [4.78, 5) is 20.3. The van der Waals surface area contributed by atoms with Crippen LogP contribution < -0.4 is 0 Å². The molecule has 0 aliphatic carbocycles. The summed E-state index contributed by atoms with van der Waals surface area (Å²) in [7, 11) is 0. The van der Waals surface area contributed by atoms with E-state index in [9.17, 15) is 0 Å². The van der Waals surface area contributed by atoms with Crippen LogP contribution in [0.4, 0.5) is 0 Å². The summed E-state index contributed by atoms with van der Waals surface area (Å²) in [5.41, 5.74) is 15.1. The van der Waals surface area contributed by atoms with Gasteiger partial charge in [0.05, 0.1) is 20.8 Å². The van der Waals surface area contributed by atoms with Gasteiger partial charge in [-0.1, -0.05) is 91.0 Å². The number of thiazole rings is 2. The third kappa shape index (κ3) is 5.08. The van der Waals surface area contributed by atoms with Crippen molar-refractivity contribution in [1.29, 1.82) is 0 Å². The van der Waals surface area contributed by atoms with Crippen LogP contribution in [-0.2, 0) is 0 Å². The van der Waals surface area contributed by atoms with Crippen LogP contribution in [0.15, 0.2) is 157 Å². The molecule has 6 heteroatoms. The maximum absolute atomic E-state index is 4.73. The third-order valence-corrected chi connectivity index (χ3v) is 10.5. The maximum Gasteiger partial charge on any atom is 0.0797 e. The molecule has 0 bridgehead atoms. The van der Waals surface area contributed by atoms with Crippen LogP contribution in [0.3, 0.4) is 0 Å². The van der Waals surface area contributed by atoms with Crippen molar-refractivity contribution in [1.82, 2.24) is 19.9 Å². The Bertz CT molecular complexity index is 2540. The van der Waals surface area contributed by atoms with Crippen LogP contribution in [0.5, 0.6) is 0 Å². The van der Waals surface area contributed by atoms with Crippen molar-refractivity contribution in [2.75, 3.05) is 0 Å². The molecule has 0 N–H and O–H groups in total. The standard InChI is InChI=1S/C42H26N4S2/c1-2-6-27(7-3-1)28-10-12-29(13-11-28)30-14-15-37-38(18-30)42(34-17-32(20-44-22-34)40-24-46-26-48-40)36-9-5-4-8-35(36)41(37)33-16-31(19-43-21-33)39-23-45-25-47-39/h1-26H. The van der Waals surface area contributed by atoms with Crippen LogP contribution in [-0.4, -0.2) is 19.9 Å². The maximum atomic E-state index is 4.73. The number of hydrogen-bond donors (Lipinski definition) is 0. The average molecular weight is 651 g/mol. The molecule has 0 fully saturated rings. The van der Waals surface area contributed by atoms with Gasteiger partial charge in [-0.15, -0.1) is 22.7 Å². The highest BCUT2D eigenvalue weighted by Crippen LogP contribution is 2.45. The number of rotatable bonds is 6. The zero-order valence-electron chi connectivity index (χ0n) is 25.6. The Hall–Kier alpha value is -5.82. The van der Waals surface area contributed by atoms with Crippen molar-refractivity contribution in [3.63, 3.8) is 0 Å². The van der Waals surface area contributed by atoms with Gasteiger partial charge in [0.15, 0.2) is 0 Å². The molecule has 0 radical (unpaired) electrons. The summed E-state index contributed by atoms with van der Waals surface area (Å²) in [5.74, 6) is 0. The first-order valence-electron chi connectivity index (χ1n) is 15.6. The van der Waals surface area contributed by atoms with Gasteiger partial charge in [-0.3, -0.25) is 19.9 Å². The molecule has 9 aromatic rings. The summed E-state index contributed by atoms with van der Waals surface area (Å²) >= 11 is 3.25. The highest BCUT2D eigenvalue weighted by atomic mass is 32.1. The van der Waals surface area contributed by atoms with Gasteiger partial charge < -0.3 is 0 Å². The minimum atomic E-state index is 1.06. The lowest BCUT2D eigenvalue weighted by Gasteiger charge is -2.19. The van der Waals surface area contributed by atoms with Crippen LogP contribution in [0, 0.1) is 0 Å². The van der Waals surface area contributed by atoms with E-state index in [4.69, 9.17) is 9.97 Å². The molecule has 0 amide bonds. The number of fused-ring (bicyclic) bond motifs is 2. The van der Waals surface area contributed by atoms with Crippen LogP contribution in [0.1, 0.15) is 0 Å². The lowest BCUT2D eigenvalue weighted by molar-refractivity contribution is 1.33. The second-order valence-electron chi connectivity index (χ2n) is 11.7. The fourth-order valence-corrected chi connectivity index (χ4v) is 7.81. The molecular formula is C42H26N4S2. The normalized spacial score (nSPS) is 11.3. The van der Waals surface area contributed by atoms with Gasteiger partial charge in [0.25, 0.3) is 0 Å². The van der Waals surface area contributed by atoms with Crippen LogP contribution in [0.2, 0.25) is 0 Å². The zero-order chi connectivity index (χ0) is 31.9. The van der Waals surface area contributed by atoms with E-state index in [1.807, 2.05) is 48.2 Å². The molecule has 0 saturated heterocycles. The fraction of sp³-hybridized carbons (Fsp3) is 0. The predicted molar refractivity (Wildman–Crippen MR) is 201 cm³/mol. The van der Waals surface area contributed by atoms with E-state index < -0.39 is 0 Å². The molecule has 48 heavy (non-hydrogen) atoms. The molecule has 4 aromatic heterocycles. The highest BCUT2D eigenvalue weighted by molar-refractivity contribution is 7.13. The van der Waals surface area contributed by atoms with Gasteiger partial charge in [0.2, 0.25) is 0 Å². The molecule has 0 unspecified atom stereocenters. The van der Waals surface area contributed by atoms with Crippen molar-refractivity contribution in [3.8, 4) is 65.4 Å². The average Bonchev–Trinajstić information content (AvgIpc) is 3.90. The van der Waals surface area contributed by atoms with E-state index in [0.29, 0.717) is 0 Å². The Morgan fingerprint density at radius 1 is 0.312 bits per heavy atom. The summed E-state index contributed by atoms with van der Waals surface area (Å²) in [6.45, 7) is 0. The Labute approximate surface area is 285 Å². The van der Waals surface area contributed by atoms with Crippen molar-refractivity contribution < 1.29 is 0 Å². The van der Waals surface area contributed by atoms with Crippen LogP contribution >= 0.6 is 22.7 Å². The van der Waals surface area contributed by atoms with Crippen molar-refractivity contribution >= 4 is 44.2 Å². The van der Waals surface area contributed by atoms with Gasteiger partial charge in [-0.05, 0) is 73.1 Å². The number of hydrogen-bond acceptors (Lipinski definition) is 6. The summed E-state index contributed by atoms with van der Waals surface area (Å²) in [5, 5.41) is 4.68. The van der Waals surface area contributed by atoms with E-state index in [0.717, 1.165) is 43.1 Å². The first-order chi connectivity index (χ1) is 23.8. The van der Waals surface area contributed by atoms with E-state index in [1.165, 1.54) is 43.8 Å². The molecule has 5 aromatic carbocycles. The topological polar surface area (TPSA) is 51.6 Å². The molecule has 4 heterocycles. The SMILES string of the molecule is c1ccc(-c2ccc(-c3ccc4c(-c5cncc(-c6cncs6)c5)c5ccccc5c(-c5cncc(-c6cncs6)c5)c4c3)cc2)cc1. The highest BCUT2D eigenvalue weighted by Gasteiger charge is 2.19. The summed E-state index contributed by atoms with van der Waals surface area (Å²) in [6.07, 6.45) is 11.6. The molecule has 0 atom stereocenters. The van der Waals surface area contributed by atoms with E-state index in [-0.39, 0.29) is 0 Å². The Balaban J connectivity index is 1.30. The summed E-state index contributed by atoms with van der Waals surface area (Å²) < 4.78 is 0. The van der Waals surface area contributed by atoms with Crippen molar-refractivity contribution in [2.45, 2.75) is 0 Å². The molecule has 0 saturated carbocycles. The lowest BCUT2D eigenvalue weighted by atomic mass is 9.85. The minimum absolute atomic E-state index is 1.06. The Morgan fingerprint density at radius 2 is 0.771 bits per heavy atom. The molecule has 9 rings (SSSR count). The molecule has 0 aliphatic heterocycles. The van der Waals surface area contributed by atoms with Crippen molar-refractivity contribution in [3.05, 3.63) is 157 Å². The van der Waals surface area contributed by atoms with Gasteiger partial charge in [0.1, 0.15) is 0 Å². The first kappa shape index (κ1) is 28.4. The lowest BCUT2D eigenvalue weighted by Crippen LogP contribution is -1.93. The van der Waals surface area contributed by atoms with Gasteiger partial charge in [0, 0.05) is 59.4 Å². The first-order valence-corrected chi connectivity index (χ1v) is 17.4. The number of aromatic nitrogens is 4. The minimum Gasteiger partial charge on any atom is -0.263 e. The molecular weight excluding hydrogens is 625 g/mol. The Morgan fingerprint density at radius 3 is 1.33 bits per heavy atom. The molecule has 0 spiro atoms. The second kappa shape index (κ2) is 12.1. The fourth-order valence-electron chi connectivity index (χ4n) is 6.61. The molecule has 4 nitrogen and oxygen atoms in total. The zero-order valence-corrected chi connectivity index (χ0v) is 27.2. The number of pyridine rings is 2. The molecule has 0 aliphatic rings. The van der Waals surface area contributed by atoms with Crippen molar-refractivity contribution in [2.24, 2.45) is 0 Å². The largest absolute Gasteiger partial charge is 0.263 e. The van der Waals surface area contributed by atoms with E-state index in [2.05, 4.69) is 119 Å². The molecule has 226 valence electrons. The predicted octanol–water partition coefficient (Wildman–Crippen LogP) is 11.7. The van der Waals surface area contributed by atoms with Gasteiger partial charge >= 0.3 is 0 Å². The van der Waals surface area contributed by atoms with E-state index >= 15 is 0 Å². The second-order valence-corrected chi connectivity index (χ2v) is 13.4. The monoisotopic (exact) mass is 650 g/mol. The smallest absolute Gasteiger partial charge is 0.0797 e. The van der Waals surface area contributed by atoms with Crippen LogP contribution in [0.25, 0.3) is 86.9 Å².